The van der Waals surface area contributed by atoms with Crippen molar-refractivity contribution in [3.8, 4) is 0 Å². The smallest absolute Gasteiger partial charge is 0.417 e. The molecule has 17 heavy (non-hydrogen) atoms. The summed E-state index contributed by atoms with van der Waals surface area (Å²) >= 11 is 0. The molecule has 1 saturated heterocycles. The molecule has 0 bridgehead atoms. The number of β-lactam (4-membered cyclic amide) rings is 1. The number of hydrogen-bond acceptors (Lipinski definition) is 4. The number of ether oxygens (including phenoxy) is 1. The van der Waals surface area contributed by atoms with Crippen LogP contribution < -0.4 is 0 Å². The van der Waals surface area contributed by atoms with Gasteiger partial charge < -0.3 is 9.15 Å². The van der Waals surface area contributed by atoms with Gasteiger partial charge in [-0.1, -0.05) is 0 Å². The largest absolute Gasteiger partial charge is 0.467 e. The number of carbonyl (C=O) groups is 2. The van der Waals surface area contributed by atoms with E-state index in [1.807, 2.05) is 0 Å². The quantitative estimate of drug-likeness (QED) is 0.704. The number of nitrogens with zero attached hydrogens (tertiary/aromatic N) is 1. The topological polar surface area (TPSA) is 59.8 Å². The van der Waals surface area contributed by atoms with E-state index >= 15 is 0 Å². The van der Waals surface area contributed by atoms with E-state index in [2.05, 4.69) is 0 Å². The first kappa shape index (κ1) is 11.7. The molecule has 0 aromatic carbocycles. The van der Waals surface area contributed by atoms with Gasteiger partial charge in [-0.15, -0.1) is 0 Å². The van der Waals surface area contributed by atoms with Crippen molar-refractivity contribution in [3.63, 3.8) is 0 Å². The highest BCUT2D eigenvalue weighted by atomic mass is 16.6. The zero-order valence-corrected chi connectivity index (χ0v) is 10.1. The molecule has 0 N–H and O–H groups in total. The van der Waals surface area contributed by atoms with Crippen LogP contribution in [0.4, 0.5) is 4.79 Å². The van der Waals surface area contributed by atoms with Crippen molar-refractivity contribution in [2.45, 2.75) is 38.8 Å². The number of amides is 2. The molecule has 0 spiro atoms. The van der Waals surface area contributed by atoms with Crippen LogP contribution in [-0.4, -0.2) is 22.5 Å². The second-order valence-electron chi connectivity index (χ2n) is 4.98. The Balaban J connectivity index is 2.09. The van der Waals surface area contributed by atoms with Crippen LogP contribution in [0.3, 0.4) is 0 Å². The molecule has 1 aliphatic rings. The highest BCUT2D eigenvalue weighted by molar-refractivity contribution is 5.97. The number of rotatable bonds is 1. The Hall–Kier alpha value is -1.78. The van der Waals surface area contributed by atoms with Crippen LogP contribution in [0.15, 0.2) is 22.8 Å². The Bertz CT molecular complexity index is 430. The maximum atomic E-state index is 11.8. The fourth-order valence-corrected chi connectivity index (χ4v) is 1.67. The van der Waals surface area contributed by atoms with E-state index in [1.165, 1.54) is 6.26 Å². The van der Waals surface area contributed by atoms with Crippen LogP contribution in [0.2, 0.25) is 0 Å². The Labute approximate surface area is 99.3 Å². The first-order chi connectivity index (χ1) is 7.88. The predicted octanol–water partition coefficient (Wildman–Crippen LogP) is 2.49. The highest BCUT2D eigenvalue weighted by Crippen LogP contribution is 2.35. The molecule has 1 aromatic rings. The van der Waals surface area contributed by atoms with Gasteiger partial charge in [0.15, 0.2) is 0 Å². The van der Waals surface area contributed by atoms with E-state index in [9.17, 15) is 9.59 Å². The summed E-state index contributed by atoms with van der Waals surface area (Å²) in [5.74, 6) is 0.371. The third-order valence-corrected chi connectivity index (χ3v) is 2.41. The molecular formula is C12H15NO4. The molecule has 5 nitrogen and oxygen atoms in total. The van der Waals surface area contributed by atoms with Gasteiger partial charge in [-0.2, -0.15) is 0 Å². The van der Waals surface area contributed by atoms with Crippen molar-refractivity contribution in [2.24, 2.45) is 0 Å². The molecule has 5 heteroatoms. The molecule has 1 aromatic heterocycles. The number of likely N-dealkylation sites (tertiary alicyclic amines) is 1. The fourth-order valence-electron chi connectivity index (χ4n) is 1.67. The Kier molecular flexibility index (Phi) is 2.69. The molecule has 2 rings (SSSR count). The van der Waals surface area contributed by atoms with Gasteiger partial charge in [0.1, 0.15) is 17.4 Å². The Morgan fingerprint density at radius 3 is 2.71 bits per heavy atom. The summed E-state index contributed by atoms with van der Waals surface area (Å²) in [6.45, 7) is 5.28. The lowest BCUT2D eigenvalue weighted by Gasteiger charge is -2.37. The molecule has 0 aliphatic carbocycles. The molecule has 0 radical (unpaired) electrons. The third-order valence-electron chi connectivity index (χ3n) is 2.41. The summed E-state index contributed by atoms with van der Waals surface area (Å²) in [4.78, 5) is 24.3. The summed E-state index contributed by atoms with van der Waals surface area (Å²) < 4.78 is 10.4. The predicted molar refractivity (Wildman–Crippen MR) is 59.1 cm³/mol. The van der Waals surface area contributed by atoms with Crippen molar-refractivity contribution in [2.75, 3.05) is 0 Å². The van der Waals surface area contributed by atoms with Gasteiger partial charge in [0.25, 0.3) is 0 Å². The van der Waals surface area contributed by atoms with Crippen LogP contribution in [0.5, 0.6) is 0 Å². The van der Waals surface area contributed by atoms with Gasteiger partial charge in [-0.3, -0.25) is 4.79 Å². The summed E-state index contributed by atoms with van der Waals surface area (Å²) in [6, 6.07) is 3.15. The van der Waals surface area contributed by atoms with Crippen molar-refractivity contribution >= 4 is 12.0 Å². The van der Waals surface area contributed by atoms with Crippen LogP contribution >= 0.6 is 0 Å². The van der Waals surface area contributed by atoms with Gasteiger partial charge in [0.2, 0.25) is 5.91 Å². The zero-order chi connectivity index (χ0) is 12.6. The lowest BCUT2D eigenvalue weighted by molar-refractivity contribution is -0.145. The molecule has 1 aliphatic heterocycles. The van der Waals surface area contributed by atoms with Gasteiger partial charge in [0, 0.05) is 0 Å². The summed E-state index contributed by atoms with van der Waals surface area (Å²) in [5.41, 5.74) is -0.610. The number of imide groups is 1. The van der Waals surface area contributed by atoms with Crippen molar-refractivity contribution < 1.29 is 18.7 Å². The van der Waals surface area contributed by atoms with E-state index in [4.69, 9.17) is 9.15 Å². The molecule has 92 valence electrons. The molecule has 2 amide bonds. The van der Waals surface area contributed by atoms with Gasteiger partial charge in [0.05, 0.1) is 12.7 Å². The third kappa shape index (κ3) is 2.33. The van der Waals surface area contributed by atoms with Gasteiger partial charge in [-0.05, 0) is 32.9 Å². The number of hydrogen-bond donors (Lipinski definition) is 0. The van der Waals surface area contributed by atoms with Crippen molar-refractivity contribution in [1.82, 2.24) is 4.90 Å². The van der Waals surface area contributed by atoms with E-state index in [1.54, 1.807) is 32.9 Å². The van der Waals surface area contributed by atoms with Crippen LogP contribution in [0.1, 0.15) is 39.0 Å². The number of carbonyl (C=O) groups excluding carboxylic acids is 2. The Morgan fingerprint density at radius 2 is 2.24 bits per heavy atom. The van der Waals surface area contributed by atoms with E-state index in [-0.39, 0.29) is 18.4 Å². The zero-order valence-electron chi connectivity index (χ0n) is 10.1. The lowest BCUT2D eigenvalue weighted by atomic mass is 10.0. The van der Waals surface area contributed by atoms with Gasteiger partial charge >= 0.3 is 6.09 Å². The maximum Gasteiger partial charge on any atom is 0.417 e. The minimum atomic E-state index is -0.616. The fraction of sp³-hybridized carbons (Fsp3) is 0.500. The normalized spacial score (nSPS) is 20.1. The molecule has 0 unspecified atom stereocenters. The van der Waals surface area contributed by atoms with E-state index < -0.39 is 11.7 Å². The standard InChI is InChI=1S/C12H15NO4/c1-12(2,3)17-11(15)13-8(7-10(13)14)9-5-4-6-16-9/h4-6,8H,7H2,1-3H3/t8-/m1/s1. The number of furan rings is 1. The summed E-state index contributed by atoms with van der Waals surface area (Å²) in [5, 5.41) is 0. The van der Waals surface area contributed by atoms with Gasteiger partial charge in [-0.25, -0.2) is 9.69 Å². The summed E-state index contributed by atoms with van der Waals surface area (Å²) in [6.07, 6.45) is 1.19. The highest BCUT2D eigenvalue weighted by Gasteiger charge is 2.45. The van der Waals surface area contributed by atoms with E-state index in [0.717, 1.165) is 4.90 Å². The minimum absolute atomic E-state index is 0.236. The maximum absolute atomic E-state index is 11.8. The van der Waals surface area contributed by atoms with Crippen molar-refractivity contribution in [1.29, 1.82) is 0 Å². The average molecular weight is 237 g/mol. The van der Waals surface area contributed by atoms with E-state index in [0.29, 0.717) is 5.76 Å². The first-order valence-electron chi connectivity index (χ1n) is 5.47. The Morgan fingerprint density at radius 1 is 1.53 bits per heavy atom. The minimum Gasteiger partial charge on any atom is -0.467 e. The molecule has 0 saturated carbocycles. The second-order valence-corrected chi connectivity index (χ2v) is 4.98. The molecular weight excluding hydrogens is 222 g/mol. The molecule has 1 fully saturated rings. The first-order valence-corrected chi connectivity index (χ1v) is 5.47. The molecule has 2 heterocycles. The average Bonchev–Trinajstić information content (AvgIpc) is 2.62. The monoisotopic (exact) mass is 237 g/mol. The second kappa shape index (κ2) is 3.91. The van der Waals surface area contributed by atoms with Crippen molar-refractivity contribution in [3.05, 3.63) is 24.2 Å². The van der Waals surface area contributed by atoms with Crippen LogP contribution in [0.25, 0.3) is 0 Å². The SMILES string of the molecule is CC(C)(C)OC(=O)N1C(=O)C[C@@H]1c1ccco1. The molecule has 1 atom stereocenters. The summed E-state index contributed by atoms with van der Waals surface area (Å²) in [7, 11) is 0. The van der Waals surface area contributed by atoms with Crippen LogP contribution in [0, 0.1) is 0 Å². The van der Waals surface area contributed by atoms with Crippen LogP contribution in [-0.2, 0) is 9.53 Å². The lowest BCUT2D eigenvalue weighted by Crippen LogP contribution is -2.51.